The van der Waals surface area contributed by atoms with E-state index in [2.05, 4.69) is 0 Å². The van der Waals surface area contributed by atoms with Gasteiger partial charge in [-0.1, -0.05) is 20.8 Å². The van der Waals surface area contributed by atoms with Crippen molar-refractivity contribution in [3.63, 3.8) is 0 Å². The van der Waals surface area contributed by atoms with Crippen LogP contribution in [0.4, 0.5) is 0 Å². The van der Waals surface area contributed by atoms with E-state index in [9.17, 15) is 102 Å². The fourth-order valence-electron chi connectivity index (χ4n) is 11.0. The highest BCUT2D eigenvalue weighted by atomic mass is 28.4. The first kappa shape index (κ1) is 68.7. The molecule has 490 valence electrons. The molecule has 36 heteroatoms. The zero-order valence-electron chi connectivity index (χ0n) is 46.2. The Morgan fingerprint density at radius 1 is 0.262 bits per heavy atom. The molecule has 15 aliphatic heterocycles. The van der Waals surface area contributed by atoms with Gasteiger partial charge in [0.15, 0.2) is 52.3 Å². The lowest BCUT2D eigenvalue weighted by Crippen LogP contribution is -2.69. The number of ether oxygens (including phenoxy) is 14. The Morgan fingerprint density at radius 2 is 0.429 bits per heavy atom. The van der Waals surface area contributed by atoms with Gasteiger partial charge in [0.1, 0.15) is 171 Å². The summed E-state index contributed by atoms with van der Waals surface area (Å²) in [5.41, 5.74) is 0. The molecular weight excluding hydrogens is 1160 g/mol. The van der Waals surface area contributed by atoms with Crippen LogP contribution >= 0.6 is 0 Å². The van der Waals surface area contributed by atoms with Crippen molar-refractivity contribution in [2.75, 3.05) is 46.2 Å². The molecule has 0 aromatic rings. The van der Waals surface area contributed by atoms with Crippen LogP contribution in [-0.2, 0) is 70.7 Å². The third-order valence-electron chi connectivity index (χ3n) is 17.0. The van der Waals surface area contributed by atoms with Gasteiger partial charge >= 0.3 is 0 Å². The lowest BCUT2D eigenvalue weighted by molar-refractivity contribution is -0.396. The van der Waals surface area contributed by atoms with Gasteiger partial charge in [0, 0.05) is 0 Å². The van der Waals surface area contributed by atoms with Gasteiger partial charge in [0.05, 0.1) is 46.2 Å². The van der Waals surface area contributed by atoms with E-state index in [1.165, 1.54) is 0 Å². The van der Waals surface area contributed by atoms with E-state index in [-0.39, 0.29) is 0 Å². The van der Waals surface area contributed by atoms with Crippen LogP contribution in [0.25, 0.3) is 0 Å². The van der Waals surface area contributed by atoms with Gasteiger partial charge < -0.3 is 173 Å². The smallest absolute Gasteiger partial charge is 0.192 e. The third kappa shape index (κ3) is 13.6. The zero-order valence-corrected chi connectivity index (χ0v) is 47.2. The zero-order chi connectivity index (χ0) is 61.8. The summed E-state index contributed by atoms with van der Waals surface area (Å²) < 4.78 is 88.5. The molecule has 35 atom stereocenters. The normalized spacial score (nSPS) is 52.2. The van der Waals surface area contributed by atoms with E-state index in [4.69, 9.17) is 70.7 Å². The maximum Gasteiger partial charge on any atom is 0.192 e. The Kier molecular flexibility index (Phi) is 23.0. The first-order chi connectivity index (χ1) is 39.6. The number of rotatable bonds is 9. The van der Waals surface area contributed by atoms with E-state index in [1.54, 1.807) is 13.1 Å². The molecule has 15 rings (SSSR count). The summed E-state index contributed by atoms with van der Waals surface area (Å²) >= 11 is 0. The minimum atomic E-state index is -3.08. The molecule has 0 aliphatic carbocycles. The first-order valence-corrected chi connectivity index (χ1v) is 30.5. The Hall–Kier alpha value is -1.18. The molecule has 20 N–H and O–H groups in total. The number of hydrogen-bond acceptors (Lipinski definition) is 35. The predicted molar refractivity (Wildman–Crippen MR) is 264 cm³/mol. The summed E-state index contributed by atoms with van der Waals surface area (Å²) in [7, 11) is -3.08. The Balaban J connectivity index is 1.12. The highest BCUT2D eigenvalue weighted by Gasteiger charge is 2.60. The van der Waals surface area contributed by atoms with Crippen LogP contribution in [-0.4, -0.2) is 372 Å². The molecule has 14 bridgehead atoms. The van der Waals surface area contributed by atoms with Gasteiger partial charge in [-0.05, 0) is 18.1 Å². The fourth-order valence-corrected chi connectivity index (χ4v) is 12.3. The summed E-state index contributed by atoms with van der Waals surface area (Å²) in [4.78, 5) is 0. The molecule has 15 aliphatic rings. The predicted octanol–water partition coefficient (Wildman–Crippen LogP) is -12.2. The molecule has 84 heavy (non-hydrogen) atoms. The maximum absolute atomic E-state index is 12.3. The average molecular weight is 1250 g/mol. The summed E-state index contributed by atoms with van der Waals surface area (Å²) in [5.74, 6) is 0. The van der Waals surface area contributed by atoms with Gasteiger partial charge in [-0.15, -0.1) is 0 Å². The molecule has 0 spiro atoms. The largest absolute Gasteiger partial charge is 0.406 e. The second kappa shape index (κ2) is 28.1. The van der Waals surface area contributed by atoms with Crippen molar-refractivity contribution >= 4 is 8.32 Å². The summed E-state index contributed by atoms with van der Waals surface area (Å²) in [5, 5.41) is 223. The van der Waals surface area contributed by atoms with Crippen molar-refractivity contribution in [1.29, 1.82) is 0 Å². The van der Waals surface area contributed by atoms with Crippen LogP contribution in [0.15, 0.2) is 0 Å². The topological polar surface area (TPSA) is 543 Å². The van der Waals surface area contributed by atoms with Crippen LogP contribution in [0.5, 0.6) is 0 Å². The summed E-state index contributed by atoms with van der Waals surface area (Å²) in [6, 6.07) is 0. The maximum atomic E-state index is 12.3. The Bertz CT molecular complexity index is 2040. The number of hydrogen-bond donors (Lipinski definition) is 20. The van der Waals surface area contributed by atoms with Crippen LogP contribution in [0.1, 0.15) is 20.8 Å². The van der Waals surface area contributed by atoms with Crippen molar-refractivity contribution in [1.82, 2.24) is 0 Å². The van der Waals surface area contributed by atoms with Crippen LogP contribution in [0.3, 0.4) is 0 Å². The van der Waals surface area contributed by atoms with Gasteiger partial charge in [-0.25, -0.2) is 0 Å². The minimum Gasteiger partial charge on any atom is -0.406 e. The lowest BCUT2D eigenvalue weighted by atomic mass is 9.95. The standard InChI is InChI=1S/C48H84O35Si/c1-48(2,3)84(4,5)83-40-32(68)39-19(12-55)75-47(40)82-38-18(11-54)74-45(31(67)25(38)61)80-36-16(9-52)72-43(29(65)23(36)59)78-34-14(7-50)70-41(27(63)21(34)57)76-33-13(6-49)69-42(26(62)20(33)56)77-35-15(8-51)71-44(28(64)22(35)58)79-37-17(10-53)73-46(81-39)30(66)24(37)60/h13-47,49-68H,6-12H2,1-5H3/t13-,14-,15-,16-,17-,18-,19+,20-,21+,22-,23+,24-,25+,26-,27+,28-,29+,30-,31+,32+,33-,34-,35-,36-,37-,38-,39-,40-,41-,42-,43-,44-,45-,46-,47-/m1/s1. The van der Waals surface area contributed by atoms with Gasteiger partial charge in [-0.2, -0.15) is 0 Å². The Labute approximate surface area is 480 Å². The number of aliphatic hydroxyl groups excluding tert-OH is 20. The molecule has 35 nitrogen and oxygen atoms in total. The minimum absolute atomic E-state index is 0.610. The Morgan fingerprint density at radius 3 is 0.607 bits per heavy atom. The number of aliphatic hydroxyl groups is 20. The fraction of sp³-hybridized carbons (Fsp3) is 1.00. The van der Waals surface area contributed by atoms with E-state index in [0.717, 1.165) is 0 Å². The number of fused-ring (bicyclic) bond motifs is 7. The van der Waals surface area contributed by atoms with E-state index >= 15 is 0 Å². The van der Waals surface area contributed by atoms with E-state index in [0.29, 0.717) is 0 Å². The van der Waals surface area contributed by atoms with Crippen molar-refractivity contribution in [2.24, 2.45) is 0 Å². The highest BCUT2D eigenvalue weighted by molar-refractivity contribution is 6.74. The van der Waals surface area contributed by atoms with Crippen molar-refractivity contribution in [2.45, 2.75) is 254 Å². The average Bonchev–Trinajstić information content (AvgIpc) is 1.42. The van der Waals surface area contributed by atoms with Crippen LogP contribution < -0.4 is 0 Å². The quantitative estimate of drug-likeness (QED) is 0.0953. The second-order valence-electron chi connectivity index (χ2n) is 23.5. The molecule has 0 saturated carbocycles. The van der Waals surface area contributed by atoms with Crippen molar-refractivity contribution in [3.8, 4) is 0 Å². The molecular formula is C48H84O35Si. The molecule has 15 fully saturated rings. The van der Waals surface area contributed by atoms with Crippen LogP contribution in [0, 0.1) is 0 Å². The van der Waals surface area contributed by atoms with E-state index < -0.39 is 275 Å². The molecule has 15 heterocycles. The van der Waals surface area contributed by atoms with Crippen LogP contribution in [0.2, 0.25) is 18.1 Å². The monoisotopic (exact) mass is 1250 g/mol. The molecule has 0 amide bonds. The van der Waals surface area contributed by atoms with Crippen molar-refractivity contribution < 1.29 is 173 Å². The first-order valence-electron chi connectivity index (χ1n) is 27.6. The van der Waals surface area contributed by atoms with Gasteiger partial charge in [-0.3, -0.25) is 0 Å². The highest BCUT2D eigenvalue weighted by Crippen LogP contribution is 2.43. The summed E-state index contributed by atoms with van der Waals surface area (Å²) in [6.07, 6.45) is -68.7. The third-order valence-corrected chi connectivity index (χ3v) is 21.5. The molecule has 0 aromatic heterocycles. The molecule has 15 saturated heterocycles. The summed E-state index contributed by atoms with van der Waals surface area (Å²) in [6.45, 7) is 1.88. The molecule has 0 radical (unpaired) electrons. The molecule has 0 aromatic carbocycles. The van der Waals surface area contributed by atoms with E-state index in [1.807, 2.05) is 20.8 Å². The SMILES string of the molecule is CC(C)(C)[Si](C)(C)O[C@H]1[C@H]2O[C@H]3[C@@H](O)[C@H](O)[C@@H](O[C@H]4[C@@H](O)[C@H](O)[C@@H](O[C@H]5[C@@H](O)[C@H](O)[C@@H](O[C@H]6[C@H](O)[C@@H](O)[C@@H](O[C@H]7[C@H](O)[C@@H](O)[C@@H](O[C@H]8[C@H](O)[C@@H](O)[C@@H](O[C@@H]([C@@H]1O)[C@H](CO)O2)O[C@@H]8CO)O[C@@H]7CO)O[C@@H]6CO)O[C@@H]5CO)O[C@@H]4CO)O[C@@H]3CO. The molecule has 0 unspecified atom stereocenters. The second-order valence-corrected chi connectivity index (χ2v) is 28.3. The lowest BCUT2D eigenvalue weighted by Gasteiger charge is -2.52. The van der Waals surface area contributed by atoms with Crippen molar-refractivity contribution in [3.05, 3.63) is 0 Å². The van der Waals surface area contributed by atoms with Gasteiger partial charge in [0.25, 0.3) is 0 Å². The van der Waals surface area contributed by atoms with Gasteiger partial charge in [0.2, 0.25) is 0 Å².